The Morgan fingerprint density at radius 2 is 1.35 bits per heavy atom. The maximum atomic E-state index is 2.34. The fraction of sp³-hybridized carbons (Fsp3) is 0.625. The van der Waals surface area contributed by atoms with Gasteiger partial charge in [0.05, 0.1) is 0 Å². The monoisotopic (exact) mass is 244 g/mol. The second-order valence-electron chi connectivity index (χ2n) is 6.47. The first-order valence-corrected chi connectivity index (χ1v) is 8.28. The molecule has 4 aliphatic rings. The van der Waals surface area contributed by atoms with E-state index in [0.717, 1.165) is 37.9 Å². The summed E-state index contributed by atoms with van der Waals surface area (Å²) >= 11 is 0. The maximum absolute atomic E-state index is 2.34. The van der Waals surface area contributed by atoms with Gasteiger partial charge in [-0.3, -0.25) is 0 Å². The molecule has 0 heterocycles. The lowest BCUT2D eigenvalue weighted by atomic mass is 9.56. The fourth-order valence-corrected chi connectivity index (χ4v) is 6.67. The molecule has 90 valence electrons. The van der Waals surface area contributed by atoms with Gasteiger partial charge in [0, 0.05) is 0 Å². The van der Waals surface area contributed by atoms with Crippen molar-refractivity contribution in [2.24, 2.45) is 23.7 Å². The minimum Gasteiger partial charge on any atom is -0.0866 e. The molecule has 1 aromatic carbocycles. The summed E-state index contributed by atoms with van der Waals surface area (Å²) in [4.78, 5) is 0. The zero-order valence-electron chi connectivity index (χ0n) is 10.3. The Labute approximate surface area is 106 Å². The molecular weight excluding hydrogens is 223 g/mol. The third-order valence-electron chi connectivity index (χ3n) is 5.33. The third kappa shape index (κ3) is 1.85. The van der Waals surface area contributed by atoms with Crippen LogP contribution in [0.5, 0.6) is 0 Å². The first-order chi connectivity index (χ1) is 8.38. The number of benzene rings is 1. The van der Waals surface area contributed by atoms with Gasteiger partial charge in [0.15, 0.2) is 0 Å². The molecule has 1 unspecified atom stereocenters. The molecule has 4 fully saturated rings. The molecule has 0 spiro atoms. The van der Waals surface area contributed by atoms with Crippen molar-refractivity contribution < 1.29 is 0 Å². The molecule has 4 bridgehead atoms. The van der Waals surface area contributed by atoms with E-state index in [1.165, 1.54) is 0 Å². The van der Waals surface area contributed by atoms with E-state index in [-0.39, 0.29) is 0 Å². The summed E-state index contributed by atoms with van der Waals surface area (Å²) in [5.74, 6) is 4.42. The minimum atomic E-state index is 1.05. The molecule has 0 radical (unpaired) electrons. The van der Waals surface area contributed by atoms with Crippen molar-refractivity contribution >= 4 is 13.9 Å². The summed E-state index contributed by atoms with van der Waals surface area (Å²) in [5, 5.41) is 1.60. The van der Waals surface area contributed by atoms with E-state index in [4.69, 9.17) is 0 Å². The summed E-state index contributed by atoms with van der Waals surface area (Å²) in [6, 6.07) is 11.2. The highest BCUT2D eigenvalue weighted by atomic mass is 31.1. The van der Waals surface area contributed by atoms with Crippen LogP contribution in [0.4, 0.5) is 0 Å². The lowest BCUT2D eigenvalue weighted by molar-refractivity contribution is 0.0259. The Hall–Kier alpha value is -0.350. The molecule has 1 aromatic rings. The summed E-state index contributed by atoms with van der Waals surface area (Å²) in [5.41, 5.74) is 1.05. The topological polar surface area (TPSA) is 0 Å². The van der Waals surface area contributed by atoms with Crippen molar-refractivity contribution in [1.82, 2.24) is 0 Å². The summed E-state index contributed by atoms with van der Waals surface area (Å²) in [6.07, 6.45) is 7.85. The van der Waals surface area contributed by atoms with Crippen LogP contribution >= 0.6 is 8.58 Å². The molecule has 0 aromatic heterocycles. The van der Waals surface area contributed by atoms with Crippen molar-refractivity contribution in [2.75, 3.05) is 0 Å². The van der Waals surface area contributed by atoms with Gasteiger partial charge in [0.1, 0.15) is 0 Å². The van der Waals surface area contributed by atoms with Gasteiger partial charge < -0.3 is 0 Å². The van der Waals surface area contributed by atoms with Crippen LogP contribution in [0.1, 0.15) is 32.1 Å². The van der Waals surface area contributed by atoms with Crippen LogP contribution in [0.25, 0.3) is 0 Å². The number of rotatable bonds is 2. The van der Waals surface area contributed by atoms with Crippen LogP contribution in [-0.2, 0) is 0 Å². The Kier molecular flexibility index (Phi) is 2.54. The van der Waals surface area contributed by atoms with Gasteiger partial charge in [-0.1, -0.05) is 38.9 Å². The molecule has 5 rings (SSSR count). The van der Waals surface area contributed by atoms with Crippen molar-refractivity contribution in [2.45, 2.75) is 37.8 Å². The molecule has 0 saturated heterocycles. The van der Waals surface area contributed by atoms with Gasteiger partial charge in [-0.25, -0.2) is 0 Å². The minimum absolute atomic E-state index is 1.05. The predicted octanol–water partition coefficient (Wildman–Crippen LogP) is 3.82. The SMILES string of the molecule is c1ccc(PC2C3CC4CC(C3)CC2C4)cc1. The Morgan fingerprint density at radius 1 is 0.765 bits per heavy atom. The molecule has 0 amide bonds. The van der Waals surface area contributed by atoms with E-state index in [2.05, 4.69) is 30.3 Å². The van der Waals surface area contributed by atoms with Gasteiger partial charge in [-0.15, -0.1) is 0 Å². The van der Waals surface area contributed by atoms with Crippen LogP contribution in [0.15, 0.2) is 30.3 Å². The number of hydrogen-bond acceptors (Lipinski definition) is 0. The van der Waals surface area contributed by atoms with Crippen LogP contribution in [0, 0.1) is 23.7 Å². The van der Waals surface area contributed by atoms with Crippen LogP contribution in [0.2, 0.25) is 0 Å². The molecular formula is C16H21P. The lowest BCUT2D eigenvalue weighted by Crippen LogP contribution is -2.46. The Bertz CT molecular complexity index is 369. The first-order valence-electron chi connectivity index (χ1n) is 7.20. The average Bonchev–Trinajstić information content (AvgIpc) is 2.34. The van der Waals surface area contributed by atoms with Crippen LogP contribution in [0.3, 0.4) is 0 Å². The summed E-state index contributed by atoms with van der Waals surface area (Å²) in [7, 11) is 1.08. The summed E-state index contributed by atoms with van der Waals surface area (Å²) < 4.78 is 0. The van der Waals surface area contributed by atoms with Crippen LogP contribution < -0.4 is 5.30 Å². The highest BCUT2D eigenvalue weighted by molar-refractivity contribution is 7.48. The van der Waals surface area contributed by atoms with E-state index in [1.807, 2.05) is 0 Å². The highest BCUT2D eigenvalue weighted by Crippen LogP contribution is 2.58. The molecule has 0 aliphatic heterocycles. The third-order valence-corrected chi connectivity index (χ3v) is 7.28. The Balaban J connectivity index is 1.55. The number of hydrogen-bond donors (Lipinski definition) is 0. The van der Waals surface area contributed by atoms with Crippen molar-refractivity contribution in [3.8, 4) is 0 Å². The average molecular weight is 244 g/mol. The molecule has 17 heavy (non-hydrogen) atoms. The largest absolute Gasteiger partial charge is 0.0866 e. The molecule has 0 nitrogen and oxygen atoms in total. The smallest absolute Gasteiger partial charge is 0.0139 e. The van der Waals surface area contributed by atoms with Gasteiger partial charge in [-0.2, -0.15) is 0 Å². The second kappa shape index (κ2) is 4.09. The Morgan fingerprint density at radius 3 is 1.94 bits per heavy atom. The van der Waals surface area contributed by atoms with Gasteiger partial charge in [-0.05, 0) is 66.7 Å². The van der Waals surface area contributed by atoms with Crippen molar-refractivity contribution in [1.29, 1.82) is 0 Å². The zero-order chi connectivity index (χ0) is 11.2. The van der Waals surface area contributed by atoms with Gasteiger partial charge in [0.25, 0.3) is 0 Å². The molecule has 1 atom stereocenters. The van der Waals surface area contributed by atoms with Crippen molar-refractivity contribution in [3.63, 3.8) is 0 Å². The maximum Gasteiger partial charge on any atom is -0.0139 e. The normalized spacial score (nSPS) is 43.6. The molecule has 4 aliphatic carbocycles. The van der Waals surface area contributed by atoms with E-state index in [0.29, 0.717) is 0 Å². The predicted molar refractivity (Wildman–Crippen MR) is 75.2 cm³/mol. The van der Waals surface area contributed by atoms with Crippen molar-refractivity contribution in [3.05, 3.63) is 30.3 Å². The van der Waals surface area contributed by atoms with Crippen LogP contribution in [-0.4, -0.2) is 5.66 Å². The lowest BCUT2D eigenvalue weighted by Gasteiger charge is -2.54. The first kappa shape index (κ1) is 10.6. The zero-order valence-corrected chi connectivity index (χ0v) is 11.3. The quantitative estimate of drug-likeness (QED) is 0.694. The van der Waals surface area contributed by atoms with Gasteiger partial charge >= 0.3 is 0 Å². The fourth-order valence-electron chi connectivity index (χ4n) is 4.89. The molecule has 0 N–H and O–H groups in total. The summed E-state index contributed by atoms with van der Waals surface area (Å²) in [6.45, 7) is 0. The second-order valence-corrected chi connectivity index (χ2v) is 8.00. The molecule has 4 saturated carbocycles. The van der Waals surface area contributed by atoms with Gasteiger partial charge in [0.2, 0.25) is 0 Å². The van der Waals surface area contributed by atoms with E-state index >= 15 is 0 Å². The van der Waals surface area contributed by atoms with E-state index in [9.17, 15) is 0 Å². The highest BCUT2D eigenvalue weighted by Gasteiger charge is 2.47. The van der Waals surface area contributed by atoms with E-state index < -0.39 is 0 Å². The van der Waals surface area contributed by atoms with E-state index in [1.54, 1.807) is 37.4 Å². The molecule has 1 heteroatoms. The standard InChI is InChI=1S/C16H21P/c1-2-4-15(5-3-1)17-16-13-7-11-6-12(9-13)10-14(16)8-11/h1-5,11-14,16-17H,6-10H2.